The normalized spacial score (nSPS) is 11.6. The molecule has 2 aromatic heterocycles. The molecule has 0 fully saturated rings. The van der Waals surface area contributed by atoms with Gasteiger partial charge in [0.05, 0.1) is 16.1 Å². The average molecular weight is 720 g/mol. The lowest BCUT2D eigenvalue weighted by molar-refractivity contribution is 0.670. The van der Waals surface area contributed by atoms with Crippen molar-refractivity contribution in [2.24, 2.45) is 0 Å². The Labute approximate surface area is 322 Å². The molecule has 0 N–H and O–H groups in total. The fraction of sp³-hybridized carbons (Fsp3) is 0. The Morgan fingerprint density at radius 3 is 1.93 bits per heavy atom. The molecule has 0 radical (unpaired) electrons. The molecule has 2 nitrogen and oxygen atoms in total. The van der Waals surface area contributed by atoms with Crippen molar-refractivity contribution >= 4 is 81.3 Å². The maximum absolute atomic E-state index is 6.55. The second-order valence-corrected chi connectivity index (χ2v) is 15.1. The van der Waals surface area contributed by atoms with E-state index in [1.807, 2.05) is 17.4 Å². The van der Waals surface area contributed by atoms with E-state index >= 15 is 0 Å². The van der Waals surface area contributed by atoms with Crippen LogP contribution in [0.25, 0.3) is 86.3 Å². The minimum atomic E-state index is 0.901. The lowest BCUT2D eigenvalue weighted by Crippen LogP contribution is -2.11. The van der Waals surface area contributed by atoms with Crippen molar-refractivity contribution in [2.45, 2.75) is 0 Å². The van der Waals surface area contributed by atoms with Crippen LogP contribution in [0, 0.1) is 0 Å². The van der Waals surface area contributed by atoms with E-state index < -0.39 is 0 Å². The Balaban J connectivity index is 1.18. The quantitative estimate of drug-likeness (QED) is 0.170. The van der Waals surface area contributed by atoms with Crippen LogP contribution < -0.4 is 4.90 Å². The summed E-state index contributed by atoms with van der Waals surface area (Å²) in [6.45, 7) is 0. The van der Waals surface area contributed by atoms with Crippen LogP contribution in [0.15, 0.2) is 205 Å². The first-order valence-corrected chi connectivity index (χ1v) is 19.5. The van der Waals surface area contributed by atoms with Crippen molar-refractivity contribution in [2.75, 3.05) is 4.90 Å². The molecule has 258 valence electrons. The highest BCUT2D eigenvalue weighted by Gasteiger charge is 2.23. The third kappa shape index (κ3) is 5.16. The molecule has 0 spiro atoms. The van der Waals surface area contributed by atoms with E-state index in [-0.39, 0.29) is 0 Å². The van der Waals surface area contributed by atoms with Crippen LogP contribution in [-0.2, 0) is 0 Å². The van der Waals surface area contributed by atoms with Gasteiger partial charge in [-0.15, -0.1) is 11.3 Å². The Bertz CT molecular complexity index is 3220. The number of para-hydroxylation sites is 3. The number of anilines is 3. The summed E-state index contributed by atoms with van der Waals surface area (Å²) in [7, 11) is 0. The largest absolute Gasteiger partial charge is 0.455 e. The van der Waals surface area contributed by atoms with E-state index in [0.717, 1.165) is 50.1 Å². The summed E-state index contributed by atoms with van der Waals surface area (Å²) >= 11 is 1.86. The first kappa shape index (κ1) is 31.6. The third-order valence-electron chi connectivity index (χ3n) is 10.9. The molecule has 0 amide bonds. The molecule has 11 aromatic rings. The van der Waals surface area contributed by atoms with Gasteiger partial charge in [0.2, 0.25) is 0 Å². The smallest absolute Gasteiger partial charge is 0.143 e. The van der Waals surface area contributed by atoms with Crippen LogP contribution in [0.1, 0.15) is 0 Å². The number of hydrogen-bond donors (Lipinski definition) is 0. The number of furan rings is 1. The summed E-state index contributed by atoms with van der Waals surface area (Å²) in [6, 6.07) is 72.2. The standard InChI is InChI=1S/C52H33NOS/c1-2-15-34(16-3-1)38-24-11-17-35-18-12-26-43(50(35)38)40-21-4-7-29-46(40)53(47-30-14-28-45-42-23-6-9-32-49(42)55-52(45)47)37-20-10-19-36(33-37)39-25-13-27-44-41-22-5-8-31-48(41)54-51(39)44/h1-33H. The van der Waals surface area contributed by atoms with Crippen molar-refractivity contribution in [1.82, 2.24) is 0 Å². The summed E-state index contributed by atoms with van der Waals surface area (Å²) in [6.07, 6.45) is 0. The van der Waals surface area contributed by atoms with Gasteiger partial charge in [-0.2, -0.15) is 0 Å². The molecule has 0 unspecified atom stereocenters. The van der Waals surface area contributed by atoms with Crippen LogP contribution in [0.4, 0.5) is 17.1 Å². The molecule has 0 saturated heterocycles. The first-order chi connectivity index (χ1) is 27.3. The number of thiophene rings is 1. The van der Waals surface area contributed by atoms with Gasteiger partial charge in [0.1, 0.15) is 11.2 Å². The van der Waals surface area contributed by atoms with Gasteiger partial charge >= 0.3 is 0 Å². The van der Waals surface area contributed by atoms with E-state index in [2.05, 4.69) is 199 Å². The summed E-state index contributed by atoms with van der Waals surface area (Å²) in [4.78, 5) is 2.47. The molecule has 3 heteroatoms. The summed E-state index contributed by atoms with van der Waals surface area (Å²) in [5, 5.41) is 7.26. The van der Waals surface area contributed by atoms with Crippen LogP contribution in [0.5, 0.6) is 0 Å². The van der Waals surface area contributed by atoms with Gasteiger partial charge in [-0.3, -0.25) is 0 Å². The molecule has 55 heavy (non-hydrogen) atoms. The van der Waals surface area contributed by atoms with Gasteiger partial charge in [-0.1, -0.05) is 164 Å². The summed E-state index contributed by atoms with van der Waals surface area (Å²) in [5.74, 6) is 0. The minimum absolute atomic E-state index is 0.901. The van der Waals surface area contributed by atoms with Crippen molar-refractivity contribution in [1.29, 1.82) is 0 Å². The van der Waals surface area contributed by atoms with Gasteiger partial charge in [0, 0.05) is 43.1 Å². The van der Waals surface area contributed by atoms with Gasteiger partial charge in [0.25, 0.3) is 0 Å². The summed E-state index contributed by atoms with van der Waals surface area (Å²) in [5.41, 5.74) is 12.1. The van der Waals surface area contributed by atoms with Crippen molar-refractivity contribution < 1.29 is 4.42 Å². The van der Waals surface area contributed by atoms with Gasteiger partial charge < -0.3 is 9.32 Å². The SMILES string of the molecule is c1ccc(-c2cccc3cccc(-c4ccccc4N(c4cccc(-c5cccc6c5oc5ccccc56)c4)c4cccc5c4sc4ccccc45)c23)cc1. The van der Waals surface area contributed by atoms with Crippen molar-refractivity contribution in [3.63, 3.8) is 0 Å². The molecule has 0 atom stereocenters. The Morgan fingerprint density at radius 1 is 0.400 bits per heavy atom. The maximum atomic E-state index is 6.55. The molecule has 2 heterocycles. The molecule has 0 aliphatic rings. The maximum Gasteiger partial charge on any atom is 0.143 e. The topological polar surface area (TPSA) is 16.4 Å². The third-order valence-corrected chi connectivity index (χ3v) is 12.1. The highest BCUT2D eigenvalue weighted by molar-refractivity contribution is 7.26. The van der Waals surface area contributed by atoms with Crippen LogP contribution in [0.3, 0.4) is 0 Å². The predicted octanol–water partition coefficient (Wildman–Crippen LogP) is 15.6. The second kappa shape index (κ2) is 12.9. The highest BCUT2D eigenvalue weighted by Crippen LogP contribution is 2.49. The number of hydrogen-bond acceptors (Lipinski definition) is 3. The van der Waals surface area contributed by atoms with E-state index in [9.17, 15) is 0 Å². The number of fused-ring (bicyclic) bond motifs is 7. The fourth-order valence-corrected chi connectivity index (χ4v) is 9.63. The molecular weight excluding hydrogens is 687 g/mol. The van der Waals surface area contributed by atoms with Gasteiger partial charge in [0.15, 0.2) is 0 Å². The van der Waals surface area contributed by atoms with E-state index in [1.165, 1.54) is 53.2 Å². The molecular formula is C52H33NOS. The van der Waals surface area contributed by atoms with Crippen molar-refractivity contribution in [3.05, 3.63) is 200 Å². The molecule has 0 aliphatic carbocycles. The number of rotatable bonds is 6. The van der Waals surface area contributed by atoms with Crippen LogP contribution in [0.2, 0.25) is 0 Å². The van der Waals surface area contributed by atoms with Crippen LogP contribution in [-0.4, -0.2) is 0 Å². The van der Waals surface area contributed by atoms with Crippen molar-refractivity contribution in [3.8, 4) is 33.4 Å². The monoisotopic (exact) mass is 719 g/mol. The lowest BCUT2D eigenvalue weighted by Gasteiger charge is -2.29. The molecule has 9 aromatic carbocycles. The Hall–Kier alpha value is -6.94. The zero-order chi connectivity index (χ0) is 36.3. The van der Waals surface area contributed by atoms with E-state index in [0.29, 0.717) is 0 Å². The Kier molecular flexibility index (Phi) is 7.39. The molecule has 0 saturated carbocycles. The average Bonchev–Trinajstić information content (AvgIpc) is 3.83. The molecule has 11 rings (SSSR count). The molecule has 0 aliphatic heterocycles. The summed E-state index contributed by atoms with van der Waals surface area (Å²) < 4.78 is 9.09. The Morgan fingerprint density at radius 2 is 1.02 bits per heavy atom. The minimum Gasteiger partial charge on any atom is -0.455 e. The second-order valence-electron chi connectivity index (χ2n) is 14.0. The van der Waals surface area contributed by atoms with E-state index in [1.54, 1.807) is 0 Å². The molecule has 0 bridgehead atoms. The van der Waals surface area contributed by atoms with E-state index in [4.69, 9.17) is 4.42 Å². The number of benzene rings is 9. The zero-order valence-electron chi connectivity index (χ0n) is 29.8. The van der Waals surface area contributed by atoms with Crippen LogP contribution >= 0.6 is 11.3 Å². The van der Waals surface area contributed by atoms with Gasteiger partial charge in [-0.05, 0) is 69.4 Å². The highest BCUT2D eigenvalue weighted by atomic mass is 32.1. The van der Waals surface area contributed by atoms with Gasteiger partial charge in [-0.25, -0.2) is 0 Å². The first-order valence-electron chi connectivity index (χ1n) is 18.7. The predicted molar refractivity (Wildman–Crippen MR) is 235 cm³/mol. The zero-order valence-corrected chi connectivity index (χ0v) is 30.6. The fourth-order valence-electron chi connectivity index (χ4n) is 8.42. The lowest BCUT2D eigenvalue weighted by atomic mass is 9.90. The number of nitrogens with zero attached hydrogens (tertiary/aromatic N) is 1.